The third-order valence-corrected chi connectivity index (χ3v) is 3.05. The van der Waals surface area contributed by atoms with Crippen LogP contribution in [-0.2, 0) is 9.53 Å². The highest BCUT2D eigenvalue weighted by Crippen LogP contribution is 2.19. The van der Waals surface area contributed by atoms with E-state index in [0.717, 1.165) is 0 Å². The summed E-state index contributed by atoms with van der Waals surface area (Å²) in [5.41, 5.74) is 6.29. The normalized spacial score (nSPS) is 11.6. The van der Waals surface area contributed by atoms with E-state index in [1.54, 1.807) is 32.0 Å². The van der Waals surface area contributed by atoms with Crippen LogP contribution in [0.25, 0.3) is 0 Å². The van der Waals surface area contributed by atoms with Crippen molar-refractivity contribution < 1.29 is 14.3 Å². The maximum absolute atomic E-state index is 11.8. The fourth-order valence-corrected chi connectivity index (χ4v) is 1.88. The Morgan fingerprint density at radius 2 is 2.19 bits per heavy atom. The Kier molecular flexibility index (Phi) is 5.95. The zero-order valence-electron chi connectivity index (χ0n) is 12.8. The van der Waals surface area contributed by atoms with Gasteiger partial charge in [0.25, 0.3) is 0 Å². The van der Waals surface area contributed by atoms with Crippen LogP contribution in [0.4, 0.5) is 11.5 Å². The maximum atomic E-state index is 11.8. The number of nitrogens with zero attached hydrogens (tertiary/aromatic N) is 2. The molecule has 0 fully saturated rings. The van der Waals surface area contributed by atoms with Gasteiger partial charge in [-0.05, 0) is 13.0 Å². The fourth-order valence-electron chi connectivity index (χ4n) is 1.88. The fraction of sp³-hybridized carbons (Fsp3) is 0.500. The number of ether oxygens (including phenoxy) is 1. The standard InChI is InChI=1S/C14H22N4O3/c1-5-21-14(20)10-6-12(17-7-11(10)15)18(4)8-9(2)13(19)16-3/h6-7,9H,5,8,15H2,1-4H3,(H,16,19). The van der Waals surface area contributed by atoms with Gasteiger partial charge < -0.3 is 20.7 Å². The van der Waals surface area contributed by atoms with Gasteiger partial charge in [0.05, 0.1) is 30.0 Å². The molecule has 1 rings (SSSR count). The van der Waals surface area contributed by atoms with Gasteiger partial charge in [0, 0.05) is 20.6 Å². The Hall–Kier alpha value is -2.31. The molecule has 1 aromatic rings. The molecule has 1 heterocycles. The van der Waals surface area contributed by atoms with E-state index in [2.05, 4.69) is 10.3 Å². The topological polar surface area (TPSA) is 97.5 Å². The number of anilines is 2. The number of hydrogen-bond acceptors (Lipinski definition) is 6. The molecule has 116 valence electrons. The van der Waals surface area contributed by atoms with E-state index in [1.807, 2.05) is 6.92 Å². The Labute approximate surface area is 124 Å². The van der Waals surface area contributed by atoms with Gasteiger partial charge in [0.15, 0.2) is 0 Å². The second-order valence-electron chi connectivity index (χ2n) is 4.75. The highest BCUT2D eigenvalue weighted by molar-refractivity contribution is 5.95. The summed E-state index contributed by atoms with van der Waals surface area (Å²) in [6.07, 6.45) is 1.42. The van der Waals surface area contributed by atoms with Crippen LogP contribution < -0.4 is 16.0 Å². The predicted molar refractivity (Wildman–Crippen MR) is 81.1 cm³/mol. The van der Waals surface area contributed by atoms with Crippen LogP contribution in [0.1, 0.15) is 24.2 Å². The summed E-state index contributed by atoms with van der Waals surface area (Å²) in [4.78, 5) is 29.3. The number of aromatic nitrogens is 1. The monoisotopic (exact) mass is 294 g/mol. The van der Waals surface area contributed by atoms with Gasteiger partial charge in [-0.25, -0.2) is 9.78 Å². The lowest BCUT2D eigenvalue weighted by atomic mass is 10.1. The van der Waals surface area contributed by atoms with Crippen LogP contribution >= 0.6 is 0 Å². The zero-order chi connectivity index (χ0) is 16.0. The minimum atomic E-state index is -0.480. The molecule has 21 heavy (non-hydrogen) atoms. The molecule has 1 amide bonds. The van der Waals surface area contributed by atoms with Crippen molar-refractivity contribution in [2.45, 2.75) is 13.8 Å². The SMILES string of the molecule is CCOC(=O)c1cc(N(C)CC(C)C(=O)NC)ncc1N. The average molecular weight is 294 g/mol. The largest absolute Gasteiger partial charge is 0.462 e. The summed E-state index contributed by atoms with van der Waals surface area (Å²) in [6.45, 7) is 4.30. The number of nitrogen functional groups attached to an aromatic ring is 1. The van der Waals surface area contributed by atoms with Crippen LogP contribution in [0.3, 0.4) is 0 Å². The van der Waals surface area contributed by atoms with Crippen molar-refractivity contribution in [2.24, 2.45) is 5.92 Å². The molecule has 0 aliphatic carbocycles. The number of pyridine rings is 1. The molecule has 0 aliphatic heterocycles. The van der Waals surface area contributed by atoms with E-state index in [0.29, 0.717) is 12.4 Å². The Bertz CT molecular complexity index is 519. The zero-order valence-corrected chi connectivity index (χ0v) is 12.8. The number of carbonyl (C=O) groups is 2. The highest BCUT2D eigenvalue weighted by Gasteiger charge is 2.17. The third kappa shape index (κ3) is 4.34. The summed E-state index contributed by atoms with van der Waals surface area (Å²) >= 11 is 0. The van der Waals surface area contributed by atoms with Gasteiger partial charge in [0.2, 0.25) is 5.91 Å². The molecule has 0 bridgehead atoms. The van der Waals surface area contributed by atoms with Crippen molar-refractivity contribution in [3.05, 3.63) is 17.8 Å². The molecule has 0 aliphatic rings. The molecule has 7 heteroatoms. The molecule has 0 radical (unpaired) electrons. The molecule has 1 atom stereocenters. The van der Waals surface area contributed by atoms with Crippen LogP contribution in [0, 0.1) is 5.92 Å². The van der Waals surface area contributed by atoms with Crippen LogP contribution in [-0.4, -0.2) is 44.1 Å². The number of nitrogens with two attached hydrogens (primary N) is 1. The van der Waals surface area contributed by atoms with Gasteiger partial charge in [-0.1, -0.05) is 6.92 Å². The molecule has 1 unspecified atom stereocenters. The lowest BCUT2D eigenvalue weighted by molar-refractivity contribution is -0.123. The average Bonchev–Trinajstić information content (AvgIpc) is 2.46. The van der Waals surface area contributed by atoms with Crippen molar-refractivity contribution in [1.29, 1.82) is 0 Å². The number of rotatable bonds is 6. The van der Waals surface area contributed by atoms with E-state index >= 15 is 0 Å². The smallest absolute Gasteiger partial charge is 0.340 e. The summed E-state index contributed by atoms with van der Waals surface area (Å²) in [6, 6.07) is 1.57. The first-order chi connectivity index (χ1) is 9.90. The molecule has 0 saturated heterocycles. The van der Waals surface area contributed by atoms with Crippen molar-refractivity contribution in [3.63, 3.8) is 0 Å². The molecule has 0 aromatic carbocycles. The number of nitrogens with one attached hydrogen (secondary N) is 1. The second kappa shape index (κ2) is 7.47. The predicted octanol–water partition coefficient (Wildman–Crippen LogP) is 0.659. The Balaban J connectivity index is 2.90. The van der Waals surface area contributed by atoms with Gasteiger partial charge in [-0.3, -0.25) is 4.79 Å². The molecule has 1 aromatic heterocycles. The van der Waals surface area contributed by atoms with E-state index < -0.39 is 5.97 Å². The quantitative estimate of drug-likeness (QED) is 0.748. The first kappa shape index (κ1) is 16.7. The Morgan fingerprint density at radius 3 is 2.76 bits per heavy atom. The van der Waals surface area contributed by atoms with Gasteiger partial charge in [-0.2, -0.15) is 0 Å². The first-order valence-electron chi connectivity index (χ1n) is 6.76. The molecular formula is C14H22N4O3. The van der Waals surface area contributed by atoms with Crippen LogP contribution in [0.2, 0.25) is 0 Å². The Morgan fingerprint density at radius 1 is 1.52 bits per heavy atom. The van der Waals surface area contributed by atoms with Crippen molar-refractivity contribution >= 4 is 23.4 Å². The van der Waals surface area contributed by atoms with Gasteiger partial charge >= 0.3 is 5.97 Å². The van der Waals surface area contributed by atoms with E-state index in [9.17, 15) is 9.59 Å². The van der Waals surface area contributed by atoms with E-state index in [1.165, 1.54) is 6.20 Å². The van der Waals surface area contributed by atoms with Crippen LogP contribution in [0.15, 0.2) is 12.3 Å². The lowest BCUT2D eigenvalue weighted by Gasteiger charge is -2.22. The molecule has 0 saturated carbocycles. The number of esters is 1. The van der Waals surface area contributed by atoms with Crippen molar-refractivity contribution in [1.82, 2.24) is 10.3 Å². The van der Waals surface area contributed by atoms with Crippen molar-refractivity contribution in [2.75, 3.05) is 37.9 Å². The molecule has 7 nitrogen and oxygen atoms in total. The van der Waals surface area contributed by atoms with E-state index in [4.69, 9.17) is 10.5 Å². The molecule has 0 spiro atoms. The molecule has 3 N–H and O–H groups in total. The summed E-state index contributed by atoms with van der Waals surface area (Å²) in [7, 11) is 3.39. The minimum Gasteiger partial charge on any atom is -0.462 e. The number of amides is 1. The van der Waals surface area contributed by atoms with E-state index in [-0.39, 0.29) is 29.7 Å². The second-order valence-corrected chi connectivity index (χ2v) is 4.75. The lowest BCUT2D eigenvalue weighted by Crippen LogP contribution is -2.34. The van der Waals surface area contributed by atoms with Crippen molar-refractivity contribution in [3.8, 4) is 0 Å². The van der Waals surface area contributed by atoms with Gasteiger partial charge in [-0.15, -0.1) is 0 Å². The summed E-state index contributed by atoms with van der Waals surface area (Å²) in [5.74, 6) is -0.178. The number of carbonyl (C=O) groups excluding carboxylic acids is 2. The molecular weight excluding hydrogens is 272 g/mol. The van der Waals surface area contributed by atoms with Gasteiger partial charge in [0.1, 0.15) is 5.82 Å². The first-order valence-corrected chi connectivity index (χ1v) is 6.76. The minimum absolute atomic E-state index is 0.0529. The summed E-state index contributed by atoms with van der Waals surface area (Å²) in [5, 5.41) is 2.60. The maximum Gasteiger partial charge on any atom is 0.340 e. The number of hydrogen-bond donors (Lipinski definition) is 2. The summed E-state index contributed by atoms with van der Waals surface area (Å²) < 4.78 is 4.95. The van der Waals surface area contributed by atoms with Crippen LogP contribution in [0.5, 0.6) is 0 Å². The highest BCUT2D eigenvalue weighted by atomic mass is 16.5. The third-order valence-electron chi connectivity index (χ3n) is 3.05.